The number of carbonyl (C=O) groups is 2. The standard InChI is InChI=1S/C20H22N2O5/c1-26-20(25)14-11-22(9-10-23)19(24)17(14)21-15-7-4-6-13-12-5-2-3-8-16(12)27-18(13)15/h4,6-7,21,23H,2-3,5,8-11H2,1H3. The van der Waals surface area contributed by atoms with E-state index in [0.717, 1.165) is 36.8 Å². The van der Waals surface area contributed by atoms with Gasteiger partial charge in [0.25, 0.3) is 5.91 Å². The van der Waals surface area contributed by atoms with Gasteiger partial charge in [-0.05, 0) is 25.3 Å². The molecule has 0 fully saturated rings. The molecule has 1 aromatic heterocycles. The second kappa shape index (κ2) is 7.08. The first-order valence-electron chi connectivity index (χ1n) is 9.16. The van der Waals surface area contributed by atoms with Crippen LogP contribution in [-0.2, 0) is 27.2 Å². The molecule has 0 unspecified atom stereocenters. The fourth-order valence-corrected chi connectivity index (χ4v) is 3.87. The summed E-state index contributed by atoms with van der Waals surface area (Å²) < 4.78 is 10.9. The zero-order valence-electron chi connectivity index (χ0n) is 15.2. The molecule has 2 N–H and O–H groups in total. The first-order chi connectivity index (χ1) is 13.1. The number of aliphatic hydroxyl groups is 1. The molecule has 2 aliphatic rings. The Balaban J connectivity index is 1.74. The summed E-state index contributed by atoms with van der Waals surface area (Å²) in [4.78, 5) is 26.3. The molecule has 142 valence electrons. The number of esters is 1. The molecule has 0 saturated heterocycles. The first-order valence-corrected chi connectivity index (χ1v) is 9.16. The van der Waals surface area contributed by atoms with Gasteiger partial charge >= 0.3 is 5.97 Å². The first kappa shape index (κ1) is 17.6. The summed E-state index contributed by atoms with van der Waals surface area (Å²) in [6, 6.07) is 5.78. The number of β-amino-alcohol motifs (C(OH)–C–C–N with tert-alkyl or cyclic N) is 1. The number of para-hydroxylation sites is 1. The maximum Gasteiger partial charge on any atom is 0.337 e. The molecule has 7 heteroatoms. The smallest absolute Gasteiger partial charge is 0.337 e. The van der Waals surface area contributed by atoms with E-state index < -0.39 is 5.97 Å². The van der Waals surface area contributed by atoms with Crippen LogP contribution in [0.25, 0.3) is 11.0 Å². The van der Waals surface area contributed by atoms with Gasteiger partial charge in [0.2, 0.25) is 0 Å². The Kier molecular flexibility index (Phi) is 4.61. The van der Waals surface area contributed by atoms with E-state index >= 15 is 0 Å². The third kappa shape index (κ3) is 2.98. The number of aliphatic hydroxyl groups excluding tert-OH is 1. The van der Waals surface area contributed by atoms with Gasteiger partial charge in [-0.1, -0.05) is 12.1 Å². The van der Waals surface area contributed by atoms with Gasteiger partial charge in [-0.15, -0.1) is 0 Å². The van der Waals surface area contributed by atoms with Crippen molar-refractivity contribution in [3.05, 3.63) is 40.8 Å². The minimum absolute atomic E-state index is 0.110. The lowest BCUT2D eigenvalue weighted by molar-refractivity contribution is -0.136. The molecule has 1 aromatic carbocycles. The molecular weight excluding hydrogens is 348 g/mol. The number of benzene rings is 1. The van der Waals surface area contributed by atoms with Crippen molar-refractivity contribution >= 4 is 28.5 Å². The highest BCUT2D eigenvalue weighted by Crippen LogP contribution is 2.36. The number of carbonyl (C=O) groups excluding carboxylic acids is 2. The van der Waals surface area contributed by atoms with E-state index in [1.54, 1.807) is 0 Å². The number of hydrogen-bond acceptors (Lipinski definition) is 6. The minimum Gasteiger partial charge on any atom is -0.466 e. The van der Waals surface area contributed by atoms with Crippen LogP contribution in [0.2, 0.25) is 0 Å². The van der Waals surface area contributed by atoms with E-state index in [1.807, 2.05) is 18.2 Å². The molecule has 2 aromatic rings. The Morgan fingerprint density at radius 3 is 2.93 bits per heavy atom. The van der Waals surface area contributed by atoms with Crippen molar-refractivity contribution in [1.29, 1.82) is 0 Å². The third-order valence-corrected chi connectivity index (χ3v) is 5.20. The average molecular weight is 370 g/mol. The number of furan rings is 1. The summed E-state index contributed by atoms with van der Waals surface area (Å²) in [5.74, 6) is 0.113. The van der Waals surface area contributed by atoms with Crippen LogP contribution >= 0.6 is 0 Å². The molecular formula is C20H22N2O5. The lowest BCUT2D eigenvalue weighted by Crippen LogP contribution is -2.31. The quantitative estimate of drug-likeness (QED) is 0.782. The minimum atomic E-state index is -0.558. The van der Waals surface area contributed by atoms with Crippen molar-refractivity contribution in [2.75, 3.05) is 32.1 Å². The Labute approximate surface area is 156 Å². The third-order valence-electron chi connectivity index (χ3n) is 5.20. The topological polar surface area (TPSA) is 92.0 Å². The van der Waals surface area contributed by atoms with Crippen LogP contribution in [0.1, 0.15) is 24.2 Å². The van der Waals surface area contributed by atoms with Gasteiger partial charge in [0.15, 0.2) is 5.58 Å². The molecule has 1 amide bonds. The number of ether oxygens (including phenoxy) is 1. The molecule has 7 nitrogen and oxygen atoms in total. The van der Waals surface area contributed by atoms with Crippen LogP contribution in [0.4, 0.5) is 5.69 Å². The number of nitrogens with zero attached hydrogens (tertiary/aromatic N) is 1. The summed E-state index contributed by atoms with van der Waals surface area (Å²) in [5, 5.41) is 13.3. The molecule has 0 radical (unpaired) electrons. The Bertz CT molecular complexity index is 943. The van der Waals surface area contributed by atoms with Crippen molar-refractivity contribution in [3.8, 4) is 0 Å². The Morgan fingerprint density at radius 1 is 1.33 bits per heavy atom. The number of nitrogens with one attached hydrogen (secondary N) is 1. The van der Waals surface area contributed by atoms with Gasteiger partial charge < -0.3 is 24.5 Å². The lowest BCUT2D eigenvalue weighted by atomic mass is 9.96. The lowest BCUT2D eigenvalue weighted by Gasteiger charge is -2.15. The fourth-order valence-electron chi connectivity index (χ4n) is 3.87. The van der Waals surface area contributed by atoms with Crippen LogP contribution in [0.3, 0.4) is 0 Å². The second-order valence-electron chi connectivity index (χ2n) is 6.81. The number of methoxy groups -OCH3 is 1. The summed E-state index contributed by atoms with van der Waals surface area (Å²) in [6.45, 7) is 0.0940. The number of anilines is 1. The molecule has 0 spiro atoms. The largest absolute Gasteiger partial charge is 0.466 e. The van der Waals surface area contributed by atoms with Gasteiger partial charge in [0.1, 0.15) is 11.5 Å². The van der Waals surface area contributed by atoms with E-state index in [1.165, 1.54) is 17.6 Å². The fraction of sp³-hybridized carbons (Fsp3) is 0.400. The van der Waals surface area contributed by atoms with Crippen LogP contribution in [-0.4, -0.2) is 48.7 Å². The number of amides is 1. The van der Waals surface area contributed by atoms with Crippen molar-refractivity contribution in [2.24, 2.45) is 0 Å². The van der Waals surface area contributed by atoms with Crippen LogP contribution in [0.5, 0.6) is 0 Å². The van der Waals surface area contributed by atoms with Crippen LogP contribution in [0.15, 0.2) is 33.9 Å². The van der Waals surface area contributed by atoms with E-state index in [-0.39, 0.29) is 36.9 Å². The molecule has 4 rings (SSSR count). The Hall–Kier alpha value is -2.80. The SMILES string of the molecule is COC(=O)C1=C(Nc2cccc3c4c(oc23)CCCC4)C(=O)N(CCO)C1. The number of aryl methyl sites for hydroxylation is 2. The van der Waals surface area contributed by atoms with Crippen molar-refractivity contribution in [1.82, 2.24) is 4.90 Å². The number of fused-ring (bicyclic) bond motifs is 3. The zero-order valence-corrected chi connectivity index (χ0v) is 15.2. The average Bonchev–Trinajstić information content (AvgIpc) is 3.21. The van der Waals surface area contributed by atoms with Gasteiger partial charge in [0, 0.05) is 23.9 Å². The number of rotatable bonds is 5. The summed E-state index contributed by atoms with van der Waals surface area (Å²) in [5.41, 5.74) is 3.02. The monoisotopic (exact) mass is 370 g/mol. The molecule has 1 aliphatic carbocycles. The van der Waals surface area contributed by atoms with E-state index in [9.17, 15) is 14.7 Å². The second-order valence-corrected chi connectivity index (χ2v) is 6.81. The predicted octanol–water partition coefficient (Wildman–Crippen LogP) is 1.99. The summed E-state index contributed by atoms with van der Waals surface area (Å²) >= 11 is 0. The van der Waals surface area contributed by atoms with Gasteiger partial charge in [-0.2, -0.15) is 0 Å². The molecule has 1 aliphatic heterocycles. The highest BCUT2D eigenvalue weighted by Gasteiger charge is 2.35. The van der Waals surface area contributed by atoms with Crippen molar-refractivity contribution in [2.45, 2.75) is 25.7 Å². The summed E-state index contributed by atoms with van der Waals surface area (Å²) in [7, 11) is 1.29. The zero-order chi connectivity index (χ0) is 19.0. The maximum atomic E-state index is 12.7. The normalized spacial score (nSPS) is 16.8. The number of hydrogen-bond donors (Lipinski definition) is 2. The molecule has 2 heterocycles. The van der Waals surface area contributed by atoms with Gasteiger partial charge in [-0.25, -0.2) is 4.79 Å². The van der Waals surface area contributed by atoms with E-state index in [4.69, 9.17) is 9.15 Å². The summed E-state index contributed by atoms with van der Waals surface area (Å²) in [6.07, 6.45) is 4.17. The molecule has 0 saturated carbocycles. The highest BCUT2D eigenvalue weighted by atomic mass is 16.5. The molecule has 0 atom stereocenters. The molecule has 0 bridgehead atoms. The molecule has 27 heavy (non-hydrogen) atoms. The van der Waals surface area contributed by atoms with Crippen LogP contribution < -0.4 is 5.32 Å². The van der Waals surface area contributed by atoms with E-state index in [0.29, 0.717) is 11.3 Å². The predicted molar refractivity (Wildman–Crippen MR) is 99.2 cm³/mol. The van der Waals surface area contributed by atoms with E-state index in [2.05, 4.69) is 5.32 Å². The Morgan fingerprint density at radius 2 is 2.15 bits per heavy atom. The van der Waals surface area contributed by atoms with Crippen LogP contribution in [0, 0.1) is 0 Å². The van der Waals surface area contributed by atoms with Crippen molar-refractivity contribution < 1.29 is 23.8 Å². The van der Waals surface area contributed by atoms with Gasteiger partial charge in [0.05, 0.1) is 31.5 Å². The maximum absolute atomic E-state index is 12.7. The van der Waals surface area contributed by atoms with Crippen molar-refractivity contribution in [3.63, 3.8) is 0 Å². The van der Waals surface area contributed by atoms with Gasteiger partial charge in [-0.3, -0.25) is 4.79 Å². The highest BCUT2D eigenvalue weighted by molar-refractivity contribution is 6.09.